The predicted octanol–water partition coefficient (Wildman–Crippen LogP) is 3.69. The average Bonchev–Trinajstić information content (AvgIpc) is 3.26. The van der Waals surface area contributed by atoms with Gasteiger partial charge in [-0.15, -0.1) is 11.3 Å². The lowest BCUT2D eigenvalue weighted by molar-refractivity contribution is 0.0720. The summed E-state index contributed by atoms with van der Waals surface area (Å²) >= 11 is 2.98. The molecule has 1 unspecified atom stereocenters. The van der Waals surface area contributed by atoms with Crippen LogP contribution in [0.4, 0.5) is 0 Å². The van der Waals surface area contributed by atoms with Gasteiger partial charge in [0.05, 0.1) is 12.1 Å². The summed E-state index contributed by atoms with van der Waals surface area (Å²) in [6.07, 6.45) is 0. The van der Waals surface area contributed by atoms with Crippen LogP contribution in [0.2, 0.25) is 0 Å². The maximum Gasteiger partial charge on any atom is 0.254 e. The van der Waals surface area contributed by atoms with Gasteiger partial charge in [-0.3, -0.25) is 4.79 Å². The summed E-state index contributed by atoms with van der Waals surface area (Å²) in [5, 5.41) is 19.7. The third kappa shape index (κ3) is 3.10. The molecule has 0 aliphatic rings. The van der Waals surface area contributed by atoms with E-state index in [0.717, 1.165) is 10.4 Å². The predicted molar refractivity (Wildman–Crippen MR) is 92.2 cm³/mol. The zero-order chi connectivity index (χ0) is 16.4. The van der Waals surface area contributed by atoms with Gasteiger partial charge in [0.25, 0.3) is 5.91 Å². The van der Waals surface area contributed by atoms with Crippen LogP contribution in [0.25, 0.3) is 0 Å². The fourth-order valence-corrected chi connectivity index (χ4v) is 4.07. The first-order chi connectivity index (χ1) is 11.0. The van der Waals surface area contributed by atoms with Gasteiger partial charge in [0, 0.05) is 10.4 Å². The van der Waals surface area contributed by atoms with Crippen LogP contribution in [0, 0.1) is 13.8 Å². The summed E-state index contributed by atoms with van der Waals surface area (Å²) in [5.74, 6) is 1.03. The van der Waals surface area contributed by atoms with Crippen molar-refractivity contribution in [3.05, 3.63) is 67.9 Å². The molecule has 3 aromatic rings. The third-order valence-corrected chi connectivity index (χ3v) is 5.42. The Morgan fingerprint density at radius 1 is 1.35 bits per heavy atom. The van der Waals surface area contributed by atoms with Gasteiger partial charge in [-0.05, 0) is 48.2 Å². The highest BCUT2D eigenvalue weighted by molar-refractivity contribution is 7.10. The number of amides is 1. The van der Waals surface area contributed by atoms with Crippen molar-refractivity contribution in [3.63, 3.8) is 0 Å². The molecule has 0 radical (unpaired) electrons. The monoisotopic (exact) mass is 347 g/mol. The standard InChI is InChI=1S/C17H17NO3S2/c1-11-8-14(12(2)21-11)16(19)18-10-17(20,13-5-7-22-9-13)15-4-3-6-23-15/h3-9,20H,10H2,1-2H3,(H,18,19). The number of aliphatic hydroxyl groups is 1. The Balaban J connectivity index is 1.83. The van der Waals surface area contributed by atoms with E-state index in [1.165, 1.54) is 22.7 Å². The summed E-state index contributed by atoms with van der Waals surface area (Å²) in [6, 6.07) is 7.35. The van der Waals surface area contributed by atoms with Crippen LogP contribution < -0.4 is 5.32 Å². The van der Waals surface area contributed by atoms with Crippen LogP contribution in [0.15, 0.2) is 44.8 Å². The molecule has 0 saturated heterocycles. The molecule has 120 valence electrons. The summed E-state index contributed by atoms with van der Waals surface area (Å²) in [4.78, 5) is 13.2. The van der Waals surface area contributed by atoms with Crippen molar-refractivity contribution in [1.82, 2.24) is 5.32 Å². The van der Waals surface area contributed by atoms with Gasteiger partial charge >= 0.3 is 0 Å². The van der Waals surface area contributed by atoms with E-state index < -0.39 is 5.60 Å². The number of carbonyl (C=O) groups is 1. The Labute approximate surface area is 142 Å². The Kier molecular flexibility index (Phi) is 4.39. The first kappa shape index (κ1) is 16.0. The van der Waals surface area contributed by atoms with E-state index >= 15 is 0 Å². The zero-order valence-corrected chi connectivity index (χ0v) is 14.5. The normalized spacial score (nSPS) is 13.7. The molecule has 6 heteroatoms. The molecular formula is C17H17NO3S2. The van der Waals surface area contributed by atoms with Crippen molar-refractivity contribution in [2.75, 3.05) is 6.54 Å². The maximum atomic E-state index is 12.4. The number of furan rings is 1. The summed E-state index contributed by atoms with van der Waals surface area (Å²) < 4.78 is 5.39. The fraction of sp³-hybridized carbons (Fsp3) is 0.235. The second kappa shape index (κ2) is 6.31. The number of aryl methyl sites for hydroxylation is 2. The highest BCUT2D eigenvalue weighted by Gasteiger charge is 2.34. The molecule has 0 spiro atoms. The minimum absolute atomic E-state index is 0.104. The van der Waals surface area contributed by atoms with E-state index in [1.54, 1.807) is 19.9 Å². The second-order valence-corrected chi connectivity index (χ2v) is 7.09. The Morgan fingerprint density at radius 3 is 2.74 bits per heavy atom. The van der Waals surface area contributed by atoms with Gasteiger partial charge < -0.3 is 14.8 Å². The number of thiophene rings is 2. The molecule has 3 heterocycles. The average molecular weight is 347 g/mol. The Hall–Kier alpha value is -1.89. The summed E-state index contributed by atoms with van der Waals surface area (Å²) in [5.41, 5.74) is 0.0583. The van der Waals surface area contributed by atoms with E-state index in [1.807, 2.05) is 34.3 Å². The molecule has 0 bridgehead atoms. The van der Waals surface area contributed by atoms with Crippen LogP contribution in [-0.4, -0.2) is 17.6 Å². The van der Waals surface area contributed by atoms with Crippen molar-refractivity contribution in [2.45, 2.75) is 19.4 Å². The van der Waals surface area contributed by atoms with E-state index in [2.05, 4.69) is 5.32 Å². The van der Waals surface area contributed by atoms with Crippen LogP contribution in [0.3, 0.4) is 0 Å². The zero-order valence-electron chi connectivity index (χ0n) is 12.8. The molecule has 0 aliphatic heterocycles. The number of hydrogen-bond donors (Lipinski definition) is 2. The molecule has 2 N–H and O–H groups in total. The highest BCUT2D eigenvalue weighted by Crippen LogP contribution is 2.33. The van der Waals surface area contributed by atoms with Crippen molar-refractivity contribution in [1.29, 1.82) is 0 Å². The Morgan fingerprint density at radius 2 is 2.17 bits per heavy atom. The fourth-order valence-electron chi connectivity index (χ4n) is 2.50. The molecule has 0 aromatic carbocycles. The largest absolute Gasteiger partial charge is 0.466 e. The number of nitrogens with one attached hydrogen (secondary N) is 1. The van der Waals surface area contributed by atoms with E-state index in [0.29, 0.717) is 17.1 Å². The van der Waals surface area contributed by atoms with Gasteiger partial charge in [-0.25, -0.2) is 0 Å². The van der Waals surface area contributed by atoms with Gasteiger partial charge in [0.1, 0.15) is 17.1 Å². The number of carbonyl (C=O) groups excluding carboxylic acids is 1. The van der Waals surface area contributed by atoms with Crippen molar-refractivity contribution in [2.24, 2.45) is 0 Å². The van der Waals surface area contributed by atoms with Gasteiger partial charge in [-0.2, -0.15) is 11.3 Å². The lowest BCUT2D eigenvalue weighted by atomic mass is 9.94. The molecule has 0 aliphatic carbocycles. The van der Waals surface area contributed by atoms with Crippen LogP contribution in [0.5, 0.6) is 0 Å². The molecular weight excluding hydrogens is 330 g/mol. The molecule has 3 rings (SSSR count). The molecule has 0 saturated carbocycles. The minimum Gasteiger partial charge on any atom is -0.466 e. The summed E-state index contributed by atoms with van der Waals surface area (Å²) in [6.45, 7) is 3.66. The lowest BCUT2D eigenvalue weighted by Crippen LogP contribution is -2.41. The van der Waals surface area contributed by atoms with Crippen LogP contribution in [0.1, 0.15) is 32.3 Å². The van der Waals surface area contributed by atoms with Gasteiger partial charge in [0.15, 0.2) is 0 Å². The second-order valence-electron chi connectivity index (χ2n) is 5.36. The van der Waals surface area contributed by atoms with E-state index in [9.17, 15) is 9.90 Å². The molecule has 4 nitrogen and oxygen atoms in total. The summed E-state index contributed by atoms with van der Waals surface area (Å²) in [7, 11) is 0. The van der Waals surface area contributed by atoms with E-state index in [4.69, 9.17) is 4.42 Å². The highest BCUT2D eigenvalue weighted by atomic mass is 32.1. The van der Waals surface area contributed by atoms with Crippen molar-refractivity contribution in [3.8, 4) is 0 Å². The lowest BCUT2D eigenvalue weighted by Gasteiger charge is -2.26. The van der Waals surface area contributed by atoms with Gasteiger partial charge in [-0.1, -0.05) is 6.07 Å². The maximum absolute atomic E-state index is 12.4. The SMILES string of the molecule is Cc1cc(C(=O)NCC(O)(c2ccsc2)c2cccs2)c(C)o1. The molecule has 3 aromatic heterocycles. The molecule has 23 heavy (non-hydrogen) atoms. The van der Waals surface area contributed by atoms with Gasteiger partial charge in [0.2, 0.25) is 0 Å². The molecule has 1 atom stereocenters. The van der Waals surface area contributed by atoms with Crippen LogP contribution >= 0.6 is 22.7 Å². The quantitative estimate of drug-likeness (QED) is 0.740. The minimum atomic E-state index is -1.23. The van der Waals surface area contributed by atoms with Crippen LogP contribution in [-0.2, 0) is 5.60 Å². The van der Waals surface area contributed by atoms with Crippen molar-refractivity contribution >= 4 is 28.6 Å². The van der Waals surface area contributed by atoms with Crippen molar-refractivity contribution < 1.29 is 14.3 Å². The third-order valence-electron chi connectivity index (χ3n) is 3.72. The molecule has 0 fully saturated rings. The number of hydrogen-bond acceptors (Lipinski definition) is 5. The first-order valence-corrected chi connectivity index (χ1v) is 8.97. The smallest absolute Gasteiger partial charge is 0.254 e. The topological polar surface area (TPSA) is 62.5 Å². The first-order valence-electron chi connectivity index (χ1n) is 7.15. The Bertz CT molecular complexity index is 754. The van der Waals surface area contributed by atoms with E-state index in [-0.39, 0.29) is 12.5 Å². The molecule has 1 amide bonds. The number of rotatable bonds is 5.